The summed E-state index contributed by atoms with van der Waals surface area (Å²) in [6, 6.07) is 6.49. The van der Waals surface area contributed by atoms with Gasteiger partial charge in [-0.15, -0.1) is 5.10 Å². The summed E-state index contributed by atoms with van der Waals surface area (Å²) in [4.78, 5) is 31.4. The summed E-state index contributed by atoms with van der Waals surface area (Å²) in [6.45, 7) is 2.68. The molecule has 0 aliphatic rings. The van der Waals surface area contributed by atoms with Gasteiger partial charge in [0.25, 0.3) is 17.5 Å². The number of rotatable bonds is 6. The van der Waals surface area contributed by atoms with Gasteiger partial charge in [0.15, 0.2) is 6.61 Å². The summed E-state index contributed by atoms with van der Waals surface area (Å²) in [7, 11) is 0. The average molecular weight is 456 g/mol. The number of anilines is 1. The van der Waals surface area contributed by atoms with Gasteiger partial charge in [-0.3, -0.25) is 9.59 Å². The number of halogens is 4. The second-order valence-electron chi connectivity index (χ2n) is 6.63. The molecular weight excluding hydrogens is 439 g/mol. The van der Waals surface area contributed by atoms with E-state index in [0.717, 1.165) is 4.52 Å². The molecule has 164 valence electrons. The number of carbonyl (C=O) groups excluding carboxylic acids is 2. The minimum absolute atomic E-state index is 0.0971. The van der Waals surface area contributed by atoms with Crippen LogP contribution in [0.15, 0.2) is 24.3 Å². The van der Waals surface area contributed by atoms with Crippen LogP contribution in [0.3, 0.4) is 0 Å². The molecule has 0 fully saturated rings. The van der Waals surface area contributed by atoms with Crippen LogP contribution < -0.4 is 5.32 Å². The van der Waals surface area contributed by atoms with Gasteiger partial charge in [0, 0.05) is 28.5 Å². The van der Waals surface area contributed by atoms with Crippen molar-refractivity contribution in [2.75, 3.05) is 11.9 Å². The lowest BCUT2D eigenvalue weighted by Crippen LogP contribution is -2.21. The molecule has 31 heavy (non-hydrogen) atoms. The first-order valence-corrected chi connectivity index (χ1v) is 9.43. The van der Waals surface area contributed by atoms with Crippen LogP contribution in [0.2, 0.25) is 5.02 Å². The molecule has 8 nitrogen and oxygen atoms in total. The van der Waals surface area contributed by atoms with Gasteiger partial charge in [0.05, 0.1) is 0 Å². The fourth-order valence-electron chi connectivity index (χ4n) is 2.90. The number of benzene rings is 1. The van der Waals surface area contributed by atoms with Crippen LogP contribution in [0, 0.1) is 13.8 Å². The number of nitrogens with one attached hydrogen (secondary N) is 1. The van der Waals surface area contributed by atoms with Gasteiger partial charge < -0.3 is 10.1 Å². The number of alkyl halides is 3. The largest absolute Gasteiger partial charge is 0.456 e. The summed E-state index contributed by atoms with van der Waals surface area (Å²) in [5.74, 6) is -2.64. The van der Waals surface area contributed by atoms with Crippen molar-refractivity contribution in [3.05, 3.63) is 52.1 Å². The monoisotopic (exact) mass is 455 g/mol. The van der Waals surface area contributed by atoms with Gasteiger partial charge in [-0.1, -0.05) is 17.7 Å². The summed E-state index contributed by atoms with van der Waals surface area (Å²) in [5, 5.41) is 6.45. The number of aromatic nitrogens is 4. The van der Waals surface area contributed by atoms with Crippen LogP contribution in [-0.4, -0.2) is 38.1 Å². The van der Waals surface area contributed by atoms with Crippen LogP contribution in [-0.2, 0) is 26.9 Å². The average Bonchev–Trinajstić information content (AvgIpc) is 3.11. The van der Waals surface area contributed by atoms with E-state index in [2.05, 4.69) is 20.4 Å². The number of amides is 1. The van der Waals surface area contributed by atoms with Crippen LogP contribution in [0.4, 0.5) is 18.9 Å². The van der Waals surface area contributed by atoms with Crippen LogP contribution in [0.1, 0.15) is 29.2 Å². The maximum Gasteiger partial charge on any atom is 0.453 e. The molecule has 2 heterocycles. The molecule has 0 unspecified atom stereocenters. The van der Waals surface area contributed by atoms with Crippen molar-refractivity contribution in [2.45, 2.75) is 32.9 Å². The Bertz CT molecular complexity index is 1150. The summed E-state index contributed by atoms with van der Waals surface area (Å²) >= 11 is 5.83. The van der Waals surface area contributed by atoms with Gasteiger partial charge in [0.1, 0.15) is 0 Å². The van der Waals surface area contributed by atoms with Gasteiger partial charge >= 0.3 is 12.1 Å². The molecular formula is C19H17ClF3N5O3. The van der Waals surface area contributed by atoms with Crippen LogP contribution in [0.25, 0.3) is 5.78 Å². The third-order valence-electron chi connectivity index (χ3n) is 4.35. The highest BCUT2D eigenvalue weighted by atomic mass is 35.5. The molecule has 0 atom stereocenters. The summed E-state index contributed by atoms with van der Waals surface area (Å²) in [5.41, 5.74) is 1.83. The van der Waals surface area contributed by atoms with Gasteiger partial charge in [-0.2, -0.15) is 18.2 Å². The number of hydrogen-bond acceptors (Lipinski definition) is 6. The highest BCUT2D eigenvalue weighted by molar-refractivity contribution is 6.30. The second-order valence-corrected chi connectivity index (χ2v) is 7.06. The molecule has 0 saturated carbocycles. The topological polar surface area (TPSA) is 98.5 Å². The van der Waals surface area contributed by atoms with E-state index in [1.807, 2.05) is 0 Å². The molecule has 12 heteroatoms. The normalized spacial score (nSPS) is 11.5. The number of ether oxygens (including phenoxy) is 1. The quantitative estimate of drug-likeness (QED) is 0.571. The third-order valence-corrected chi connectivity index (χ3v) is 4.59. The number of nitrogens with zero attached hydrogens (tertiary/aromatic N) is 4. The molecule has 0 aliphatic heterocycles. The van der Waals surface area contributed by atoms with Crippen molar-refractivity contribution in [1.29, 1.82) is 0 Å². The third kappa shape index (κ3) is 5.48. The van der Waals surface area contributed by atoms with Crippen molar-refractivity contribution in [3.8, 4) is 0 Å². The zero-order valence-electron chi connectivity index (χ0n) is 16.5. The minimum atomic E-state index is -4.69. The van der Waals surface area contributed by atoms with E-state index < -0.39 is 30.5 Å². The number of aryl methyl sites for hydroxylation is 2. The predicted octanol–water partition coefficient (Wildman–Crippen LogP) is 3.53. The Hall–Kier alpha value is -3.21. The lowest BCUT2D eigenvalue weighted by molar-refractivity contribution is -0.147. The standard InChI is InChI=1S/C19H17ClF3N5O3/c1-10-14(11(2)28-18(24-10)26-17(27-28)19(21,22)23)6-7-16(30)31-9-15(29)25-13-5-3-4-12(20)8-13/h3-5,8H,6-7,9H2,1-2H3,(H,25,29). The highest BCUT2D eigenvalue weighted by Crippen LogP contribution is 2.27. The lowest BCUT2D eigenvalue weighted by atomic mass is 10.1. The highest BCUT2D eigenvalue weighted by Gasteiger charge is 2.37. The maximum absolute atomic E-state index is 12.9. The Kier molecular flexibility index (Phi) is 6.44. The van der Waals surface area contributed by atoms with Crippen molar-refractivity contribution < 1.29 is 27.5 Å². The number of esters is 1. The fourth-order valence-corrected chi connectivity index (χ4v) is 3.09. The zero-order valence-corrected chi connectivity index (χ0v) is 17.2. The smallest absolute Gasteiger partial charge is 0.453 e. The van der Waals surface area contributed by atoms with E-state index in [9.17, 15) is 22.8 Å². The lowest BCUT2D eigenvalue weighted by Gasteiger charge is -2.10. The molecule has 0 aliphatic carbocycles. The Morgan fingerprint density at radius 2 is 1.97 bits per heavy atom. The first-order chi connectivity index (χ1) is 14.5. The molecule has 3 rings (SSSR count). The van der Waals surface area contributed by atoms with Gasteiger partial charge in [-0.05, 0) is 44.0 Å². The van der Waals surface area contributed by atoms with E-state index in [0.29, 0.717) is 27.7 Å². The number of hydrogen-bond donors (Lipinski definition) is 1. The maximum atomic E-state index is 12.9. The molecule has 3 aromatic rings. The molecule has 0 radical (unpaired) electrons. The molecule has 1 aromatic carbocycles. The fraction of sp³-hybridized carbons (Fsp3) is 0.316. The Balaban J connectivity index is 1.60. The molecule has 0 bridgehead atoms. The van der Waals surface area contributed by atoms with Crippen molar-refractivity contribution in [2.24, 2.45) is 0 Å². The van der Waals surface area contributed by atoms with Crippen molar-refractivity contribution >= 4 is 34.9 Å². The van der Waals surface area contributed by atoms with E-state index in [1.54, 1.807) is 38.1 Å². The predicted molar refractivity (Wildman–Crippen MR) is 105 cm³/mol. The Morgan fingerprint density at radius 1 is 1.23 bits per heavy atom. The first-order valence-electron chi connectivity index (χ1n) is 9.05. The van der Waals surface area contributed by atoms with Crippen molar-refractivity contribution in [3.63, 3.8) is 0 Å². The minimum Gasteiger partial charge on any atom is -0.456 e. The van der Waals surface area contributed by atoms with E-state index in [1.165, 1.54) is 0 Å². The SMILES string of the molecule is Cc1nc2nc(C(F)(F)F)nn2c(C)c1CCC(=O)OCC(=O)Nc1cccc(Cl)c1. The number of fused-ring (bicyclic) bond motifs is 1. The summed E-state index contributed by atoms with van der Waals surface area (Å²) < 4.78 is 44.5. The molecule has 0 saturated heterocycles. The molecule has 1 N–H and O–H groups in total. The van der Waals surface area contributed by atoms with Crippen molar-refractivity contribution in [1.82, 2.24) is 19.6 Å². The Labute approximate surface area is 179 Å². The molecule has 0 spiro atoms. The van der Waals surface area contributed by atoms with Gasteiger partial charge in [-0.25, -0.2) is 9.50 Å². The Morgan fingerprint density at radius 3 is 2.65 bits per heavy atom. The van der Waals surface area contributed by atoms with E-state index >= 15 is 0 Å². The van der Waals surface area contributed by atoms with E-state index in [-0.39, 0.29) is 18.6 Å². The molecule has 2 aromatic heterocycles. The van der Waals surface area contributed by atoms with Crippen LogP contribution >= 0.6 is 11.6 Å². The zero-order chi connectivity index (χ0) is 22.8. The van der Waals surface area contributed by atoms with E-state index in [4.69, 9.17) is 16.3 Å². The molecule has 1 amide bonds. The first kappa shape index (κ1) is 22.5. The second kappa shape index (κ2) is 8.88. The number of carbonyl (C=O) groups is 2. The summed E-state index contributed by atoms with van der Waals surface area (Å²) in [6.07, 6.45) is -4.64. The van der Waals surface area contributed by atoms with Crippen LogP contribution in [0.5, 0.6) is 0 Å². The van der Waals surface area contributed by atoms with Gasteiger partial charge in [0.2, 0.25) is 0 Å².